The summed E-state index contributed by atoms with van der Waals surface area (Å²) in [6.07, 6.45) is 1.26. The minimum atomic E-state index is 0.341. The first-order valence-electron chi connectivity index (χ1n) is 5.01. The van der Waals surface area contributed by atoms with Crippen LogP contribution in [0.25, 0.3) is 11.0 Å². The molecular formula is C10H7Cl2N5O. The largest absolute Gasteiger partial charge is 0.369 e. The van der Waals surface area contributed by atoms with Crippen LogP contribution in [0.5, 0.6) is 0 Å². The van der Waals surface area contributed by atoms with Gasteiger partial charge in [-0.2, -0.15) is 4.98 Å². The topological polar surface area (TPSA) is 82.8 Å². The first-order chi connectivity index (χ1) is 8.65. The van der Waals surface area contributed by atoms with Gasteiger partial charge in [0, 0.05) is 0 Å². The number of imidazole rings is 1. The molecule has 92 valence electrons. The fraction of sp³-hybridized carbons (Fsp3) is 0.100. The summed E-state index contributed by atoms with van der Waals surface area (Å²) in [5.74, 6) is 0.847. The quantitative estimate of drug-likeness (QED) is 0.781. The molecule has 2 aromatic heterocycles. The summed E-state index contributed by atoms with van der Waals surface area (Å²) in [6, 6.07) is 3.38. The van der Waals surface area contributed by atoms with Crippen molar-refractivity contribution in [2.45, 2.75) is 6.54 Å². The molecule has 0 radical (unpaired) electrons. The van der Waals surface area contributed by atoms with Gasteiger partial charge in [0.25, 0.3) is 0 Å². The van der Waals surface area contributed by atoms with E-state index in [1.165, 1.54) is 6.39 Å². The van der Waals surface area contributed by atoms with Gasteiger partial charge in [-0.1, -0.05) is 28.4 Å². The maximum absolute atomic E-state index is 5.99. The molecule has 2 N–H and O–H groups in total. The van der Waals surface area contributed by atoms with E-state index in [-0.39, 0.29) is 0 Å². The minimum Gasteiger partial charge on any atom is -0.369 e. The zero-order valence-corrected chi connectivity index (χ0v) is 10.5. The van der Waals surface area contributed by atoms with E-state index in [1.807, 2.05) is 0 Å². The molecule has 0 aliphatic carbocycles. The van der Waals surface area contributed by atoms with Gasteiger partial charge in [-0.05, 0) is 12.1 Å². The zero-order valence-electron chi connectivity index (χ0n) is 8.97. The van der Waals surface area contributed by atoms with Crippen molar-refractivity contribution in [3.8, 4) is 0 Å². The van der Waals surface area contributed by atoms with Crippen LogP contribution < -0.4 is 5.73 Å². The molecule has 0 atom stereocenters. The predicted octanol–water partition coefficient (Wildman–Crippen LogP) is 2.36. The second-order valence-corrected chi connectivity index (χ2v) is 4.47. The summed E-state index contributed by atoms with van der Waals surface area (Å²) in [5.41, 5.74) is 7.29. The second kappa shape index (κ2) is 4.15. The average molecular weight is 284 g/mol. The Kier molecular flexibility index (Phi) is 2.61. The highest BCUT2D eigenvalue weighted by atomic mass is 35.5. The van der Waals surface area contributed by atoms with Crippen LogP contribution in [0.2, 0.25) is 10.0 Å². The summed E-state index contributed by atoms with van der Waals surface area (Å²) < 4.78 is 6.41. The molecule has 2 heterocycles. The van der Waals surface area contributed by atoms with Gasteiger partial charge >= 0.3 is 0 Å². The number of anilines is 1. The molecule has 18 heavy (non-hydrogen) atoms. The summed E-state index contributed by atoms with van der Waals surface area (Å²) in [4.78, 5) is 8.15. The number of hydrogen-bond acceptors (Lipinski definition) is 5. The lowest BCUT2D eigenvalue weighted by atomic mass is 10.3. The fourth-order valence-corrected chi connectivity index (χ4v) is 2.02. The Morgan fingerprint density at radius 3 is 2.78 bits per heavy atom. The van der Waals surface area contributed by atoms with Gasteiger partial charge in [-0.3, -0.25) is 0 Å². The van der Waals surface area contributed by atoms with E-state index in [1.54, 1.807) is 16.7 Å². The normalized spacial score (nSPS) is 11.2. The Morgan fingerprint density at radius 1 is 1.28 bits per heavy atom. The number of halogens is 2. The molecule has 0 aliphatic heterocycles. The Balaban J connectivity index is 2.16. The molecule has 0 fully saturated rings. The SMILES string of the molecule is Nc1nc2cc(Cl)c(Cl)cc2n1Cc1ncon1. The molecule has 0 bridgehead atoms. The van der Waals surface area contributed by atoms with Gasteiger partial charge in [0.1, 0.15) is 0 Å². The van der Waals surface area contributed by atoms with E-state index in [2.05, 4.69) is 19.6 Å². The average Bonchev–Trinajstić information content (AvgIpc) is 2.92. The van der Waals surface area contributed by atoms with Gasteiger partial charge in [0.05, 0.1) is 27.6 Å². The number of aromatic nitrogens is 4. The molecule has 3 aromatic rings. The second-order valence-electron chi connectivity index (χ2n) is 3.66. The summed E-state index contributed by atoms with van der Waals surface area (Å²) >= 11 is 11.9. The molecule has 0 aliphatic rings. The van der Waals surface area contributed by atoms with Gasteiger partial charge in [-0.25, -0.2) is 4.98 Å². The van der Waals surface area contributed by atoms with Crippen LogP contribution in [0.1, 0.15) is 5.82 Å². The van der Waals surface area contributed by atoms with Gasteiger partial charge in [0.2, 0.25) is 12.3 Å². The number of nitrogens with two attached hydrogens (primary N) is 1. The first kappa shape index (κ1) is 11.3. The number of fused-ring (bicyclic) bond motifs is 1. The summed E-state index contributed by atoms with van der Waals surface area (Å²) in [6.45, 7) is 0.358. The highest BCUT2D eigenvalue weighted by Gasteiger charge is 2.12. The molecule has 0 amide bonds. The Hall–Kier alpha value is -1.79. The summed E-state index contributed by atoms with van der Waals surface area (Å²) in [7, 11) is 0. The number of nitrogen functional groups attached to an aromatic ring is 1. The van der Waals surface area contributed by atoms with Crippen LogP contribution in [0.15, 0.2) is 23.0 Å². The van der Waals surface area contributed by atoms with E-state index < -0.39 is 0 Å². The molecule has 6 nitrogen and oxygen atoms in total. The van der Waals surface area contributed by atoms with Crippen LogP contribution in [-0.2, 0) is 6.54 Å². The van der Waals surface area contributed by atoms with Crippen molar-refractivity contribution in [1.29, 1.82) is 0 Å². The monoisotopic (exact) mass is 283 g/mol. The standard InChI is InChI=1S/C10H7Cl2N5O/c11-5-1-7-8(2-6(5)12)17(10(13)15-7)3-9-14-4-18-16-9/h1-2,4H,3H2,(H2,13,15). The van der Waals surface area contributed by atoms with Crippen molar-refractivity contribution < 1.29 is 4.52 Å². The predicted molar refractivity (Wildman–Crippen MR) is 67.6 cm³/mol. The lowest BCUT2D eigenvalue weighted by Gasteiger charge is -2.03. The Labute approximate surface area is 111 Å². The van der Waals surface area contributed by atoms with Crippen LogP contribution in [0.4, 0.5) is 5.95 Å². The molecule has 3 rings (SSSR count). The lowest BCUT2D eigenvalue weighted by Crippen LogP contribution is -2.05. The maximum Gasteiger partial charge on any atom is 0.213 e. The van der Waals surface area contributed by atoms with Gasteiger partial charge in [-0.15, -0.1) is 0 Å². The molecule has 1 aromatic carbocycles. The molecule has 0 saturated carbocycles. The molecule has 0 spiro atoms. The van der Waals surface area contributed by atoms with Crippen molar-refractivity contribution in [3.05, 3.63) is 34.4 Å². The van der Waals surface area contributed by atoms with E-state index >= 15 is 0 Å². The van der Waals surface area contributed by atoms with Crippen molar-refractivity contribution in [1.82, 2.24) is 19.7 Å². The van der Waals surface area contributed by atoms with E-state index in [0.29, 0.717) is 33.9 Å². The Bertz CT molecular complexity index is 707. The van der Waals surface area contributed by atoms with Crippen molar-refractivity contribution in [2.75, 3.05) is 5.73 Å². The smallest absolute Gasteiger partial charge is 0.213 e. The highest BCUT2D eigenvalue weighted by molar-refractivity contribution is 6.42. The third-order valence-corrected chi connectivity index (χ3v) is 3.25. The molecule has 8 heteroatoms. The van der Waals surface area contributed by atoms with Crippen molar-refractivity contribution >= 4 is 40.2 Å². The van der Waals surface area contributed by atoms with E-state index in [0.717, 1.165) is 5.52 Å². The minimum absolute atomic E-state index is 0.341. The number of hydrogen-bond donors (Lipinski definition) is 1. The highest BCUT2D eigenvalue weighted by Crippen LogP contribution is 2.29. The zero-order chi connectivity index (χ0) is 12.7. The fourth-order valence-electron chi connectivity index (χ4n) is 1.71. The third kappa shape index (κ3) is 1.79. The number of benzene rings is 1. The first-order valence-corrected chi connectivity index (χ1v) is 5.77. The van der Waals surface area contributed by atoms with Gasteiger partial charge in [0.15, 0.2) is 5.82 Å². The maximum atomic E-state index is 5.99. The van der Waals surface area contributed by atoms with Crippen LogP contribution >= 0.6 is 23.2 Å². The van der Waals surface area contributed by atoms with Crippen LogP contribution in [0.3, 0.4) is 0 Å². The van der Waals surface area contributed by atoms with Crippen LogP contribution in [-0.4, -0.2) is 19.7 Å². The molecule has 0 saturated heterocycles. The lowest BCUT2D eigenvalue weighted by molar-refractivity contribution is 0.408. The Morgan fingerprint density at radius 2 is 2.06 bits per heavy atom. The summed E-state index contributed by atoms with van der Waals surface area (Å²) in [5, 5.41) is 4.61. The van der Waals surface area contributed by atoms with E-state index in [9.17, 15) is 0 Å². The van der Waals surface area contributed by atoms with Crippen molar-refractivity contribution in [3.63, 3.8) is 0 Å². The number of nitrogens with zero attached hydrogens (tertiary/aromatic N) is 4. The van der Waals surface area contributed by atoms with Crippen LogP contribution in [0, 0.1) is 0 Å². The van der Waals surface area contributed by atoms with Crippen molar-refractivity contribution in [2.24, 2.45) is 0 Å². The molecular weight excluding hydrogens is 277 g/mol. The van der Waals surface area contributed by atoms with Gasteiger partial charge < -0.3 is 14.8 Å². The number of rotatable bonds is 2. The third-order valence-electron chi connectivity index (χ3n) is 2.53. The molecule has 0 unspecified atom stereocenters. The van der Waals surface area contributed by atoms with E-state index in [4.69, 9.17) is 28.9 Å².